The van der Waals surface area contributed by atoms with Crippen molar-refractivity contribution in [3.8, 4) is 28.1 Å². The van der Waals surface area contributed by atoms with Crippen LogP contribution in [0, 0.1) is 17.1 Å². The Morgan fingerprint density at radius 3 is 2.62 bits per heavy atom. The molecule has 0 spiro atoms. The van der Waals surface area contributed by atoms with Crippen molar-refractivity contribution in [2.45, 2.75) is 12.8 Å². The number of hydrogen-bond donors (Lipinski definition) is 0. The minimum absolute atomic E-state index is 0.00572. The number of esters is 1. The van der Waals surface area contributed by atoms with Crippen LogP contribution < -0.4 is 14.4 Å². The monoisotopic (exact) mass is 483 g/mol. The number of carbonyl (C=O) groups excluding carboxylic acids is 2. The van der Waals surface area contributed by atoms with Gasteiger partial charge in [-0.2, -0.15) is 5.26 Å². The van der Waals surface area contributed by atoms with Gasteiger partial charge < -0.3 is 19.1 Å². The van der Waals surface area contributed by atoms with Gasteiger partial charge in [-0.15, -0.1) is 11.3 Å². The molecule has 0 bridgehead atoms. The summed E-state index contributed by atoms with van der Waals surface area (Å²) in [5, 5.41) is 11.3. The molecule has 0 aliphatic rings. The molecule has 0 saturated carbocycles. The fourth-order valence-electron chi connectivity index (χ4n) is 3.12. The fraction of sp³-hybridized carbons (Fsp3) is 0.250. The first-order valence-electron chi connectivity index (χ1n) is 10.2. The van der Waals surface area contributed by atoms with Crippen LogP contribution in [-0.2, 0) is 20.7 Å². The van der Waals surface area contributed by atoms with Crippen molar-refractivity contribution in [3.63, 3.8) is 0 Å². The molecule has 0 aliphatic carbocycles. The van der Waals surface area contributed by atoms with E-state index < -0.39 is 24.3 Å². The molecule has 0 N–H and O–H groups in total. The summed E-state index contributed by atoms with van der Waals surface area (Å²) in [6.07, 6.45) is -0.124. The van der Waals surface area contributed by atoms with E-state index in [1.807, 2.05) is 12.1 Å². The Bertz CT molecular complexity index is 1210. The zero-order valence-electron chi connectivity index (χ0n) is 18.6. The molecule has 2 aromatic carbocycles. The molecule has 0 unspecified atom stereocenters. The third kappa shape index (κ3) is 6.08. The molecular formula is C24H22FN3O5S. The van der Waals surface area contributed by atoms with Gasteiger partial charge >= 0.3 is 5.97 Å². The molecule has 0 saturated heterocycles. The van der Waals surface area contributed by atoms with Crippen molar-refractivity contribution in [2.75, 3.05) is 32.3 Å². The lowest BCUT2D eigenvalue weighted by molar-refractivity contribution is -0.147. The van der Waals surface area contributed by atoms with Gasteiger partial charge in [-0.05, 0) is 30.3 Å². The maximum atomic E-state index is 14.1. The third-order valence-corrected chi connectivity index (χ3v) is 5.70. The number of ether oxygens (including phenoxy) is 3. The van der Waals surface area contributed by atoms with Crippen LogP contribution in [0.3, 0.4) is 0 Å². The largest absolute Gasteiger partial charge is 0.493 e. The van der Waals surface area contributed by atoms with E-state index in [-0.39, 0.29) is 25.1 Å². The second-order valence-corrected chi connectivity index (χ2v) is 7.81. The minimum atomic E-state index is -0.647. The van der Waals surface area contributed by atoms with E-state index in [4.69, 9.17) is 19.5 Å². The third-order valence-electron chi connectivity index (χ3n) is 4.76. The number of halogens is 1. The number of carbonyl (C=O) groups is 2. The molecule has 1 amide bonds. The summed E-state index contributed by atoms with van der Waals surface area (Å²) in [7, 11) is 3.09. The predicted octanol–water partition coefficient (Wildman–Crippen LogP) is 4.00. The number of anilines is 1. The van der Waals surface area contributed by atoms with E-state index in [1.165, 1.54) is 29.5 Å². The topological polar surface area (TPSA) is 102 Å². The van der Waals surface area contributed by atoms with Gasteiger partial charge in [0.1, 0.15) is 10.8 Å². The lowest BCUT2D eigenvalue weighted by Gasteiger charge is -2.22. The van der Waals surface area contributed by atoms with Crippen molar-refractivity contribution in [2.24, 2.45) is 0 Å². The molecule has 0 fully saturated rings. The van der Waals surface area contributed by atoms with Gasteiger partial charge in [0, 0.05) is 17.5 Å². The molecule has 0 radical (unpaired) electrons. The Labute approximate surface area is 200 Å². The summed E-state index contributed by atoms with van der Waals surface area (Å²) in [6.45, 7) is -0.597. The van der Waals surface area contributed by atoms with Crippen LogP contribution in [0.2, 0.25) is 0 Å². The summed E-state index contributed by atoms with van der Waals surface area (Å²) in [5.74, 6) is -0.726. The normalized spacial score (nSPS) is 10.3. The van der Waals surface area contributed by atoms with Gasteiger partial charge in [0.05, 0.1) is 44.5 Å². The maximum absolute atomic E-state index is 14.1. The standard InChI is InChI=1S/C24H22FN3O5S/c1-31-20-9-8-16(12-21(20)32-2)24-27-17(15-34-24)13-23(30)33-14-22(29)28(11-5-10-26)19-7-4-3-6-18(19)25/h3-4,6-9,12,15H,5,11,13-14H2,1-2H3. The quantitative estimate of drug-likeness (QED) is 0.402. The van der Waals surface area contributed by atoms with Gasteiger partial charge in [-0.1, -0.05) is 12.1 Å². The van der Waals surface area contributed by atoms with Crippen molar-refractivity contribution in [1.82, 2.24) is 4.98 Å². The highest BCUT2D eigenvalue weighted by molar-refractivity contribution is 7.13. The molecule has 3 rings (SSSR count). The van der Waals surface area contributed by atoms with E-state index in [1.54, 1.807) is 37.8 Å². The summed E-state index contributed by atoms with van der Waals surface area (Å²) in [6, 6.07) is 13.0. The maximum Gasteiger partial charge on any atom is 0.312 e. The minimum Gasteiger partial charge on any atom is -0.493 e. The highest BCUT2D eigenvalue weighted by Crippen LogP contribution is 2.33. The van der Waals surface area contributed by atoms with Crippen LogP contribution in [0.4, 0.5) is 10.1 Å². The summed E-state index contributed by atoms with van der Waals surface area (Å²) in [4.78, 5) is 30.4. The Kier molecular flexibility index (Phi) is 8.54. The average molecular weight is 484 g/mol. The molecule has 0 aliphatic heterocycles. The first kappa shape index (κ1) is 24.7. The molecular weight excluding hydrogens is 461 g/mol. The molecule has 0 atom stereocenters. The summed E-state index contributed by atoms with van der Waals surface area (Å²) >= 11 is 1.35. The number of para-hydroxylation sites is 1. The summed E-state index contributed by atoms with van der Waals surface area (Å²) < 4.78 is 29.8. The zero-order chi connectivity index (χ0) is 24.5. The number of benzene rings is 2. The van der Waals surface area contributed by atoms with Gasteiger partial charge in [0.15, 0.2) is 18.1 Å². The number of methoxy groups -OCH3 is 2. The fourth-order valence-corrected chi connectivity index (χ4v) is 3.94. The van der Waals surface area contributed by atoms with Crippen molar-refractivity contribution in [1.29, 1.82) is 5.26 Å². The van der Waals surface area contributed by atoms with Gasteiger partial charge in [-0.3, -0.25) is 9.59 Å². The second-order valence-electron chi connectivity index (χ2n) is 6.96. The SMILES string of the molecule is COc1ccc(-c2nc(CC(=O)OCC(=O)N(CCC#N)c3ccccc3F)cs2)cc1OC. The van der Waals surface area contributed by atoms with E-state index in [2.05, 4.69) is 4.98 Å². The van der Waals surface area contributed by atoms with E-state index in [9.17, 15) is 14.0 Å². The molecule has 176 valence electrons. The first-order valence-corrected chi connectivity index (χ1v) is 11.1. The first-order chi connectivity index (χ1) is 16.5. The molecule has 1 aromatic heterocycles. The number of rotatable bonds is 10. The van der Waals surface area contributed by atoms with Crippen LogP contribution in [0.15, 0.2) is 47.8 Å². The van der Waals surface area contributed by atoms with Crippen molar-refractivity contribution in [3.05, 3.63) is 59.4 Å². The van der Waals surface area contributed by atoms with Gasteiger partial charge in [0.25, 0.3) is 5.91 Å². The van der Waals surface area contributed by atoms with Gasteiger partial charge in [0.2, 0.25) is 0 Å². The van der Waals surface area contributed by atoms with Crippen molar-refractivity contribution >= 4 is 28.9 Å². The molecule has 1 heterocycles. The van der Waals surface area contributed by atoms with Crippen LogP contribution in [0.1, 0.15) is 12.1 Å². The Balaban J connectivity index is 1.62. The van der Waals surface area contributed by atoms with Crippen LogP contribution in [-0.4, -0.2) is 44.2 Å². The Morgan fingerprint density at radius 1 is 1.15 bits per heavy atom. The molecule has 34 heavy (non-hydrogen) atoms. The number of nitriles is 1. The van der Waals surface area contributed by atoms with Crippen LogP contribution in [0.5, 0.6) is 11.5 Å². The highest BCUT2D eigenvalue weighted by Gasteiger charge is 2.21. The Hall–Kier alpha value is -3.97. The number of nitrogens with zero attached hydrogens (tertiary/aromatic N) is 3. The Morgan fingerprint density at radius 2 is 1.91 bits per heavy atom. The lowest BCUT2D eigenvalue weighted by atomic mass is 10.2. The highest BCUT2D eigenvalue weighted by atomic mass is 32.1. The number of hydrogen-bond acceptors (Lipinski definition) is 8. The number of amides is 1. The number of aromatic nitrogens is 1. The molecule has 10 heteroatoms. The molecule has 3 aromatic rings. The van der Waals surface area contributed by atoms with Gasteiger partial charge in [-0.25, -0.2) is 9.37 Å². The predicted molar refractivity (Wildman–Crippen MR) is 124 cm³/mol. The van der Waals surface area contributed by atoms with E-state index >= 15 is 0 Å². The van der Waals surface area contributed by atoms with E-state index in [0.717, 1.165) is 10.5 Å². The zero-order valence-corrected chi connectivity index (χ0v) is 19.4. The smallest absolute Gasteiger partial charge is 0.312 e. The summed E-state index contributed by atoms with van der Waals surface area (Å²) in [5.41, 5.74) is 1.32. The van der Waals surface area contributed by atoms with Crippen molar-refractivity contribution < 1.29 is 28.2 Å². The molecule has 8 nitrogen and oxygen atoms in total. The number of thiazole rings is 1. The average Bonchev–Trinajstić information content (AvgIpc) is 3.31. The lowest BCUT2D eigenvalue weighted by Crippen LogP contribution is -2.36. The second kappa shape index (κ2) is 11.8. The van der Waals surface area contributed by atoms with E-state index in [0.29, 0.717) is 22.2 Å². The van der Waals surface area contributed by atoms with Crippen LogP contribution in [0.25, 0.3) is 10.6 Å². The van der Waals surface area contributed by atoms with Crippen LogP contribution >= 0.6 is 11.3 Å².